The van der Waals surface area contributed by atoms with Gasteiger partial charge in [-0.15, -0.1) is 12.3 Å². The molecular formula is C18H28O2. The predicted molar refractivity (Wildman–Crippen MR) is 87.7 cm³/mol. The minimum absolute atomic E-state index is 0.0425. The van der Waals surface area contributed by atoms with Gasteiger partial charge in [0.25, 0.3) is 0 Å². The maximum atomic E-state index is 10.8. The Hall–Kier alpha value is -1.88. The largest absolute Gasteiger partial charge is 0.303 e. The zero-order chi connectivity index (χ0) is 16.4. The normalized spacial score (nSPS) is 8.85. The Morgan fingerprint density at radius 3 is 1.90 bits per heavy atom. The van der Waals surface area contributed by atoms with E-state index in [4.69, 9.17) is 0 Å². The molecular weight excluding hydrogens is 248 g/mol. The molecule has 0 fully saturated rings. The van der Waals surface area contributed by atoms with E-state index >= 15 is 0 Å². The Balaban J connectivity index is -0.000000355. The van der Waals surface area contributed by atoms with Crippen molar-refractivity contribution in [3.63, 3.8) is 0 Å². The molecule has 112 valence electrons. The SMILES string of the molecule is C#CC.CC.CC.CC(=O)CC(C=O)c1ccccc1. The third-order valence-corrected chi connectivity index (χ3v) is 1.90. The molecule has 0 aliphatic heterocycles. The Kier molecular flexibility index (Phi) is 22.6. The molecule has 0 aliphatic carbocycles. The number of hydrogen-bond donors (Lipinski definition) is 0. The van der Waals surface area contributed by atoms with Gasteiger partial charge in [0.15, 0.2) is 0 Å². The molecule has 0 saturated heterocycles. The number of Topliss-reactive ketones (excluding diaryl/α,β-unsaturated/α-hetero) is 1. The first-order chi connectivity index (χ1) is 9.65. The van der Waals surface area contributed by atoms with Gasteiger partial charge in [0, 0.05) is 12.3 Å². The molecule has 0 radical (unpaired) electrons. The van der Waals surface area contributed by atoms with Gasteiger partial charge >= 0.3 is 0 Å². The first-order valence-corrected chi connectivity index (χ1v) is 7.02. The van der Waals surface area contributed by atoms with E-state index in [1.807, 2.05) is 58.0 Å². The molecule has 0 N–H and O–H groups in total. The minimum atomic E-state index is -0.279. The van der Waals surface area contributed by atoms with Crippen molar-refractivity contribution in [1.29, 1.82) is 0 Å². The van der Waals surface area contributed by atoms with Gasteiger partial charge in [0.05, 0.1) is 0 Å². The van der Waals surface area contributed by atoms with Crippen LogP contribution in [0.2, 0.25) is 0 Å². The maximum Gasteiger partial charge on any atom is 0.130 e. The summed E-state index contributed by atoms with van der Waals surface area (Å²) in [6.45, 7) is 11.2. The van der Waals surface area contributed by atoms with Gasteiger partial charge in [-0.05, 0) is 19.4 Å². The highest BCUT2D eigenvalue weighted by atomic mass is 16.1. The van der Waals surface area contributed by atoms with Crippen molar-refractivity contribution in [3.8, 4) is 12.3 Å². The van der Waals surface area contributed by atoms with E-state index in [0.717, 1.165) is 11.8 Å². The third-order valence-electron chi connectivity index (χ3n) is 1.90. The van der Waals surface area contributed by atoms with Crippen LogP contribution in [0.4, 0.5) is 0 Å². The van der Waals surface area contributed by atoms with Crippen molar-refractivity contribution in [1.82, 2.24) is 0 Å². The molecule has 1 rings (SSSR count). The monoisotopic (exact) mass is 276 g/mol. The van der Waals surface area contributed by atoms with E-state index in [2.05, 4.69) is 12.3 Å². The van der Waals surface area contributed by atoms with Crippen molar-refractivity contribution in [2.75, 3.05) is 0 Å². The summed E-state index contributed by atoms with van der Waals surface area (Å²) in [5.74, 6) is 2.01. The van der Waals surface area contributed by atoms with Gasteiger partial charge in [0.1, 0.15) is 12.1 Å². The van der Waals surface area contributed by atoms with Crippen LogP contribution in [0.25, 0.3) is 0 Å². The number of aldehydes is 1. The van der Waals surface area contributed by atoms with Gasteiger partial charge in [-0.3, -0.25) is 4.79 Å². The van der Waals surface area contributed by atoms with Crippen LogP contribution in [-0.2, 0) is 9.59 Å². The lowest BCUT2D eigenvalue weighted by Gasteiger charge is -2.07. The number of rotatable bonds is 4. The summed E-state index contributed by atoms with van der Waals surface area (Å²) in [6, 6.07) is 9.35. The minimum Gasteiger partial charge on any atom is -0.303 e. The van der Waals surface area contributed by atoms with Gasteiger partial charge in [-0.25, -0.2) is 0 Å². The fraction of sp³-hybridized carbons (Fsp3) is 0.444. The van der Waals surface area contributed by atoms with Crippen LogP contribution in [0.5, 0.6) is 0 Å². The Morgan fingerprint density at radius 2 is 1.60 bits per heavy atom. The number of carbonyl (C=O) groups is 2. The Bertz CT molecular complexity index is 361. The van der Waals surface area contributed by atoms with Crippen molar-refractivity contribution in [2.45, 2.75) is 53.9 Å². The molecule has 0 spiro atoms. The average Bonchev–Trinajstić information content (AvgIpc) is 2.50. The molecule has 1 aromatic carbocycles. The van der Waals surface area contributed by atoms with Crippen molar-refractivity contribution in [3.05, 3.63) is 35.9 Å². The molecule has 2 heteroatoms. The number of benzene rings is 1. The highest BCUT2D eigenvalue weighted by molar-refractivity contribution is 5.80. The van der Waals surface area contributed by atoms with Crippen LogP contribution in [0.3, 0.4) is 0 Å². The number of carbonyl (C=O) groups excluding carboxylic acids is 2. The molecule has 0 amide bonds. The average molecular weight is 276 g/mol. The summed E-state index contributed by atoms with van der Waals surface area (Å²) in [5, 5.41) is 0. The summed E-state index contributed by atoms with van der Waals surface area (Å²) < 4.78 is 0. The van der Waals surface area contributed by atoms with E-state index in [1.54, 1.807) is 6.92 Å². The van der Waals surface area contributed by atoms with Crippen LogP contribution in [0.1, 0.15) is 59.4 Å². The summed E-state index contributed by atoms with van der Waals surface area (Å²) in [7, 11) is 0. The molecule has 0 aromatic heterocycles. The lowest BCUT2D eigenvalue weighted by atomic mass is 9.96. The molecule has 1 atom stereocenters. The molecule has 1 aromatic rings. The van der Waals surface area contributed by atoms with Gasteiger partial charge in [0.2, 0.25) is 0 Å². The second kappa shape index (κ2) is 19.5. The lowest BCUT2D eigenvalue weighted by Crippen LogP contribution is -2.05. The van der Waals surface area contributed by atoms with Crippen LogP contribution in [0, 0.1) is 12.3 Å². The van der Waals surface area contributed by atoms with E-state index in [0.29, 0.717) is 6.42 Å². The van der Waals surface area contributed by atoms with Crippen LogP contribution in [0.15, 0.2) is 30.3 Å². The zero-order valence-electron chi connectivity index (χ0n) is 13.6. The fourth-order valence-corrected chi connectivity index (χ4v) is 1.25. The van der Waals surface area contributed by atoms with Gasteiger partial charge in [-0.1, -0.05) is 58.0 Å². The maximum absolute atomic E-state index is 10.8. The predicted octanol–water partition coefficient (Wildman–Crippen LogP) is 4.64. The Labute approximate surface area is 124 Å². The van der Waals surface area contributed by atoms with Crippen LogP contribution >= 0.6 is 0 Å². The highest BCUT2D eigenvalue weighted by Gasteiger charge is 2.11. The molecule has 0 aliphatic rings. The number of terminal acetylenes is 1. The molecule has 2 nitrogen and oxygen atoms in total. The van der Waals surface area contributed by atoms with E-state index in [-0.39, 0.29) is 11.7 Å². The zero-order valence-corrected chi connectivity index (χ0v) is 13.6. The molecule has 0 saturated carbocycles. The fourth-order valence-electron chi connectivity index (χ4n) is 1.25. The summed E-state index contributed by atoms with van der Waals surface area (Å²) in [4.78, 5) is 21.5. The summed E-state index contributed by atoms with van der Waals surface area (Å²) in [5.41, 5.74) is 0.910. The number of hydrogen-bond acceptors (Lipinski definition) is 2. The first-order valence-electron chi connectivity index (χ1n) is 7.02. The Morgan fingerprint density at radius 1 is 1.20 bits per heavy atom. The van der Waals surface area contributed by atoms with Gasteiger partial charge in [-0.2, -0.15) is 0 Å². The van der Waals surface area contributed by atoms with Crippen LogP contribution in [-0.4, -0.2) is 12.1 Å². The first kappa shape index (κ1) is 23.2. The topological polar surface area (TPSA) is 34.1 Å². The van der Waals surface area contributed by atoms with Gasteiger partial charge < -0.3 is 4.79 Å². The number of ketones is 1. The second-order valence-electron chi connectivity index (χ2n) is 3.35. The molecule has 0 bridgehead atoms. The van der Waals surface area contributed by atoms with Crippen molar-refractivity contribution < 1.29 is 9.59 Å². The second-order valence-corrected chi connectivity index (χ2v) is 3.35. The molecule has 1 unspecified atom stereocenters. The smallest absolute Gasteiger partial charge is 0.130 e. The molecule has 20 heavy (non-hydrogen) atoms. The highest BCUT2D eigenvalue weighted by Crippen LogP contribution is 2.16. The third kappa shape index (κ3) is 14.2. The van der Waals surface area contributed by atoms with E-state index < -0.39 is 0 Å². The molecule has 0 heterocycles. The summed E-state index contributed by atoms with van der Waals surface area (Å²) >= 11 is 0. The standard InChI is InChI=1S/C11H12O2.C3H4.2C2H6/c1-9(13)7-11(8-12)10-5-3-2-4-6-10;1-3-2;2*1-2/h2-6,8,11H,7H2,1H3;1H,2H3;2*1-2H3. The lowest BCUT2D eigenvalue weighted by molar-refractivity contribution is -0.119. The van der Waals surface area contributed by atoms with E-state index in [9.17, 15) is 9.59 Å². The van der Waals surface area contributed by atoms with Crippen LogP contribution < -0.4 is 0 Å². The van der Waals surface area contributed by atoms with Crippen molar-refractivity contribution >= 4 is 12.1 Å². The summed E-state index contributed by atoms with van der Waals surface area (Å²) in [6.07, 6.45) is 5.73. The van der Waals surface area contributed by atoms with E-state index in [1.165, 1.54) is 6.92 Å². The quantitative estimate of drug-likeness (QED) is 0.593. The van der Waals surface area contributed by atoms with Crippen molar-refractivity contribution in [2.24, 2.45) is 0 Å².